The van der Waals surface area contributed by atoms with Crippen molar-refractivity contribution in [3.05, 3.63) is 11.6 Å². The Labute approximate surface area is 173 Å². The number of hydrogen-bond donors (Lipinski definition) is 1. The number of nitrogens with one attached hydrogen (secondary N) is 1. The van der Waals surface area contributed by atoms with Gasteiger partial charge in [0, 0.05) is 31.2 Å². The molecule has 4 fully saturated rings. The normalized spacial score (nSPS) is 48.4. The SMILES string of the molecule is CC(=O)OC1C[C@@]2(C)C(CC[C@@]23CCC(=O)N3)C2CCC3=CC(=O)CC[C@]3(C)C12. The third-order valence-corrected chi connectivity index (χ3v) is 9.71. The third kappa shape index (κ3) is 2.55. The van der Waals surface area contributed by atoms with E-state index in [1.807, 2.05) is 6.08 Å². The average molecular weight is 400 g/mol. The van der Waals surface area contributed by atoms with E-state index in [4.69, 9.17) is 4.74 Å². The molecule has 0 aromatic carbocycles. The van der Waals surface area contributed by atoms with Crippen LogP contribution in [0.25, 0.3) is 0 Å². The van der Waals surface area contributed by atoms with Crippen LogP contribution < -0.4 is 5.32 Å². The molecule has 1 saturated heterocycles. The highest BCUT2D eigenvalue weighted by atomic mass is 16.5. The average Bonchev–Trinajstić information content (AvgIpc) is 3.16. The maximum absolute atomic E-state index is 12.2. The number of ketones is 1. The van der Waals surface area contributed by atoms with Crippen LogP contribution in [0.4, 0.5) is 0 Å². The molecule has 1 N–H and O–H groups in total. The molecule has 7 atom stereocenters. The van der Waals surface area contributed by atoms with E-state index in [0.717, 1.165) is 44.9 Å². The highest BCUT2D eigenvalue weighted by Crippen LogP contribution is 2.69. The van der Waals surface area contributed by atoms with Crippen molar-refractivity contribution in [1.29, 1.82) is 0 Å². The molecule has 4 aliphatic carbocycles. The maximum atomic E-state index is 12.2. The lowest BCUT2D eigenvalue weighted by molar-refractivity contribution is -0.177. The van der Waals surface area contributed by atoms with Crippen LogP contribution in [0.2, 0.25) is 0 Å². The summed E-state index contributed by atoms with van der Waals surface area (Å²) in [7, 11) is 0. The summed E-state index contributed by atoms with van der Waals surface area (Å²) >= 11 is 0. The summed E-state index contributed by atoms with van der Waals surface area (Å²) in [5.41, 5.74) is 1.03. The number of hydrogen-bond acceptors (Lipinski definition) is 4. The summed E-state index contributed by atoms with van der Waals surface area (Å²) in [6.45, 7) is 6.17. The zero-order valence-electron chi connectivity index (χ0n) is 17.9. The quantitative estimate of drug-likeness (QED) is 0.682. The molecule has 5 heteroatoms. The number of allylic oxidation sites excluding steroid dienone is 1. The van der Waals surface area contributed by atoms with Gasteiger partial charge in [-0.3, -0.25) is 14.4 Å². The van der Waals surface area contributed by atoms with E-state index in [0.29, 0.717) is 24.7 Å². The van der Waals surface area contributed by atoms with Gasteiger partial charge >= 0.3 is 5.97 Å². The minimum absolute atomic E-state index is 0.0392. The topological polar surface area (TPSA) is 72.5 Å². The first-order chi connectivity index (χ1) is 13.7. The first kappa shape index (κ1) is 19.3. The van der Waals surface area contributed by atoms with Crippen molar-refractivity contribution in [3.63, 3.8) is 0 Å². The maximum Gasteiger partial charge on any atom is 0.302 e. The van der Waals surface area contributed by atoms with E-state index in [1.165, 1.54) is 12.5 Å². The zero-order chi connectivity index (χ0) is 20.6. The Morgan fingerprint density at radius 2 is 1.90 bits per heavy atom. The first-order valence-corrected chi connectivity index (χ1v) is 11.4. The van der Waals surface area contributed by atoms with E-state index in [2.05, 4.69) is 19.2 Å². The van der Waals surface area contributed by atoms with Gasteiger partial charge in [0.15, 0.2) is 5.78 Å². The van der Waals surface area contributed by atoms with Crippen LogP contribution in [0.3, 0.4) is 0 Å². The van der Waals surface area contributed by atoms with Crippen LogP contribution in [0.15, 0.2) is 11.6 Å². The molecule has 158 valence electrons. The Balaban J connectivity index is 1.58. The molecule has 29 heavy (non-hydrogen) atoms. The highest BCUT2D eigenvalue weighted by molar-refractivity contribution is 5.91. The van der Waals surface area contributed by atoms with Crippen molar-refractivity contribution in [2.45, 2.75) is 90.2 Å². The Hall–Kier alpha value is -1.65. The van der Waals surface area contributed by atoms with Crippen LogP contribution in [0, 0.1) is 28.6 Å². The van der Waals surface area contributed by atoms with E-state index >= 15 is 0 Å². The van der Waals surface area contributed by atoms with Crippen molar-refractivity contribution >= 4 is 17.7 Å². The Bertz CT molecular complexity index is 818. The Kier molecular flexibility index (Phi) is 4.12. The van der Waals surface area contributed by atoms with Crippen molar-refractivity contribution < 1.29 is 19.1 Å². The largest absolute Gasteiger partial charge is 0.462 e. The first-order valence-electron chi connectivity index (χ1n) is 11.4. The van der Waals surface area contributed by atoms with Crippen molar-refractivity contribution in [1.82, 2.24) is 5.32 Å². The lowest BCUT2D eigenvalue weighted by Crippen LogP contribution is -2.62. The van der Waals surface area contributed by atoms with Crippen molar-refractivity contribution in [2.24, 2.45) is 28.6 Å². The number of rotatable bonds is 1. The molecular weight excluding hydrogens is 366 g/mol. The number of ether oxygens (including phenoxy) is 1. The van der Waals surface area contributed by atoms with Crippen LogP contribution >= 0.6 is 0 Å². The number of carbonyl (C=O) groups is 3. The molecule has 0 aromatic rings. The number of amides is 1. The van der Waals surface area contributed by atoms with E-state index in [9.17, 15) is 14.4 Å². The lowest BCUT2D eigenvalue weighted by atomic mass is 9.45. The van der Waals surface area contributed by atoms with Crippen LogP contribution in [0.5, 0.6) is 0 Å². The molecule has 1 heterocycles. The van der Waals surface area contributed by atoms with Crippen molar-refractivity contribution in [3.8, 4) is 0 Å². The van der Waals surface area contributed by atoms with E-state index < -0.39 is 0 Å². The fourth-order valence-corrected chi connectivity index (χ4v) is 8.43. The number of fused-ring (bicyclic) bond motifs is 6. The standard InChI is InChI=1S/C24H33NO4/c1-14(26)29-19-13-23(3)18(7-10-24(23)11-8-20(28)25-24)17-5-4-15-12-16(27)6-9-22(15,2)21(17)19/h12,17-19,21H,4-11,13H2,1-3H3,(H,25,28)/t17?,18?,19?,21?,22-,23-,24+/m0/s1. The molecule has 5 aliphatic rings. The molecule has 5 nitrogen and oxygen atoms in total. The molecule has 1 spiro atoms. The van der Waals surface area contributed by atoms with Gasteiger partial charge in [-0.05, 0) is 73.7 Å². The second kappa shape index (κ2) is 6.18. The minimum Gasteiger partial charge on any atom is -0.462 e. The second-order valence-electron chi connectivity index (χ2n) is 10.8. The van der Waals surface area contributed by atoms with Gasteiger partial charge in [-0.15, -0.1) is 0 Å². The van der Waals surface area contributed by atoms with Gasteiger partial charge in [0.05, 0.1) is 0 Å². The molecular formula is C24H33NO4. The molecule has 3 saturated carbocycles. The van der Waals surface area contributed by atoms with Gasteiger partial charge in [-0.1, -0.05) is 19.4 Å². The fraction of sp³-hybridized carbons (Fsp3) is 0.792. The summed E-state index contributed by atoms with van der Waals surface area (Å²) in [6.07, 6.45) is 9.74. The summed E-state index contributed by atoms with van der Waals surface area (Å²) in [5.74, 6) is 1.48. The number of esters is 1. The highest BCUT2D eigenvalue weighted by Gasteiger charge is 2.68. The summed E-state index contributed by atoms with van der Waals surface area (Å²) in [4.78, 5) is 36.4. The predicted molar refractivity (Wildman–Crippen MR) is 108 cm³/mol. The van der Waals surface area contributed by atoms with Crippen LogP contribution in [-0.2, 0) is 19.1 Å². The summed E-state index contributed by atoms with van der Waals surface area (Å²) in [6, 6.07) is 0. The summed E-state index contributed by atoms with van der Waals surface area (Å²) in [5, 5.41) is 3.37. The van der Waals surface area contributed by atoms with Gasteiger partial charge in [-0.25, -0.2) is 0 Å². The van der Waals surface area contributed by atoms with Gasteiger partial charge in [0.1, 0.15) is 6.10 Å². The third-order valence-electron chi connectivity index (χ3n) is 9.71. The Morgan fingerprint density at radius 3 is 2.59 bits per heavy atom. The van der Waals surface area contributed by atoms with Crippen molar-refractivity contribution in [2.75, 3.05) is 0 Å². The van der Waals surface area contributed by atoms with Gasteiger partial charge < -0.3 is 10.1 Å². The monoisotopic (exact) mass is 399 g/mol. The molecule has 1 aliphatic heterocycles. The zero-order valence-corrected chi connectivity index (χ0v) is 17.9. The minimum atomic E-state index is -0.218. The van der Waals surface area contributed by atoms with Gasteiger partial charge in [0.2, 0.25) is 5.91 Å². The molecule has 5 rings (SSSR count). The van der Waals surface area contributed by atoms with Gasteiger partial charge in [0.25, 0.3) is 0 Å². The predicted octanol–water partition coefficient (Wildman–Crippen LogP) is 3.71. The van der Waals surface area contributed by atoms with E-state index in [-0.39, 0.29) is 46.1 Å². The van der Waals surface area contributed by atoms with Crippen LogP contribution in [-0.4, -0.2) is 29.3 Å². The molecule has 0 bridgehead atoms. The summed E-state index contributed by atoms with van der Waals surface area (Å²) < 4.78 is 6.04. The second-order valence-corrected chi connectivity index (χ2v) is 10.8. The fourth-order valence-electron chi connectivity index (χ4n) is 8.43. The molecule has 0 aromatic heterocycles. The van der Waals surface area contributed by atoms with Crippen LogP contribution in [0.1, 0.15) is 78.6 Å². The Morgan fingerprint density at radius 1 is 1.10 bits per heavy atom. The molecule has 0 radical (unpaired) electrons. The molecule has 4 unspecified atom stereocenters. The van der Waals surface area contributed by atoms with Gasteiger partial charge in [-0.2, -0.15) is 0 Å². The number of carbonyl (C=O) groups excluding carboxylic acids is 3. The molecule has 1 amide bonds. The lowest BCUT2D eigenvalue weighted by Gasteiger charge is -2.61. The van der Waals surface area contributed by atoms with E-state index in [1.54, 1.807) is 0 Å². The smallest absolute Gasteiger partial charge is 0.302 e.